The first-order chi connectivity index (χ1) is 8.34. The first kappa shape index (κ1) is 10.5. The minimum atomic E-state index is 0.852. The van der Waals surface area contributed by atoms with E-state index in [0.717, 1.165) is 21.9 Å². The summed E-state index contributed by atoms with van der Waals surface area (Å²) in [5.41, 5.74) is 4.27. The summed E-state index contributed by atoms with van der Waals surface area (Å²) in [5, 5.41) is 11.0. The predicted octanol–water partition coefficient (Wildman–Crippen LogP) is 3.31. The van der Waals surface area contributed by atoms with Crippen LogP contribution in [0.1, 0.15) is 11.1 Å². The summed E-state index contributed by atoms with van der Waals surface area (Å²) in [6.45, 7) is 0. The highest BCUT2D eigenvalue weighted by Crippen LogP contribution is 2.26. The van der Waals surface area contributed by atoms with Crippen LogP contribution in [0, 0.1) is 0 Å². The van der Waals surface area contributed by atoms with Gasteiger partial charge in [-0.05, 0) is 17.7 Å². The number of fused-ring (bicyclic) bond motifs is 1. The molecule has 3 aromatic rings. The maximum atomic E-state index is 4.21. The standard InChI is InChI=1S/C13H10BrN3/c14-11-6-7-12-13(16-17-15-12)10(11)8-9-4-2-1-3-5-9/h1-7H,8H2,(H,15,16,17). The summed E-state index contributed by atoms with van der Waals surface area (Å²) in [5.74, 6) is 0. The summed E-state index contributed by atoms with van der Waals surface area (Å²) >= 11 is 3.58. The molecule has 0 atom stereocenters. The van der Waals surface area contributed by atoms with E-state index < -0.39 is 0 Å². The van der Waals surface area contributed by atoms with E-state index in [4.69, 9.17) is 0 Å². The summed E-state index contributed by atoms with van der Waals surface area (Å²) in [6, 6.07) is 14.3. The molecule has 0 amide bonds. The van der Waals surface area contributed by atoms with Gasteiger partial charge in [-0.25, -0.2) is 0 Å². The van der Waals surface area contributed by atoms with Gasteiger partial charge in [-0.3, -0.25) is 0 Å². The van der Waals surface area contributed by atoms with E-state index in [2.05, 4.69) is 43.5 Å². The second-order valence-corrected chi connectivity index (χ2v) is 4.73. The van der Waals surface area contributed by atoms with E-state index in [0.29, 0.717) is 0 Å². The molecule has 0 spiro atoms. The third-order valence-electron chi connectivity index (χ3n) is 2.76. The number of hydrogen-bond acceptors (Lipinski definition) is 2. The number of H-pyrrole nitrogens is 1. The second-order valence-electron chi connectivity index (χ2n) is 3.88. The second kappa shape index (κ2) is 4.30. The van der Waals surface area contributed by atoms with Crippen molar-refractivity contribution in [2.75, 3.05) is 0 Å². The molecule has 0 fully saturated rings. The zero-order chi connectivity index (χ0) is 11.7. The van der Waals surface area contributed by atoms with E-state index in [1.165, 1.54) is 11.1 Å². The van der Waals surface area contributed by atoms with Crippen LogP contribution in [0.15, 0.2) is 46.9 Å². The van der Waals surface area contributed by atoms with Crippen molar-refractivity contribution in [3.63, 3.8) is 0 Å². The molecule has 84 valence electrons. The van der Waals surface area contributed by atoms with Gasteiger partial charge in [-0.1, -0.05) is 46.3 Å². The van der Waals surface area contributed by atoms with Crippen molar-refractivity contribution in [1.29, 1.82) is 0 Å². The maximum Gasteiger partial charge on any atom is 0.117 e. The van der Waals surface area contributed by atoms with E-state index in [1.54, 1.807) is 0 Å². The molecule has 3 rings (SSSR count). The van der Waals surface area contributed by atoms with Crippen molar-refractivity contribution in [3.8, 4) is 0 Å². The number of hydrogen-bond donors (Lipinski definition) is 1. The quantitative estimate of drug-likeness (QED) is 0.786. The van der Waals surface area contributed by atoms with Gasteiger partial charge in [0.1, 0.15) is 11.0 Å². The topological polar surface area (TPSA) is 41.6 Å². The molecule has 0 saturated heterocycles. The summed E-state index contributed by atoms with van der Waals surface area (Å²) < 4.78 is 1.07. The van der Waals surface area contributed by atoms with E-state index in [9.17, 15) is 0 Å². The van der Waals surface area contributed by atoms with Gasteiger partial charge in [0.2, 0.25) is 0 Å². The van der Waals surface area contributed by atoms with E-state index in [1.807, 2.05) is 30.3 Å². The maximum absolute atomic E-state index is 4.21. The highest BCUT2D eigenvalue weighted by Gasteiger charge is 2.09. The minimum Gasteiger partial charge on any atom is -0.197 e. The first-order valence-corrected chi connectivity index (χ1v) is 6.15. The SMILES string of the molecule is Brc1ccc2n[nH]nc2c1Cc1ccccc1. The van der Waals surface area contributed by atoms with Crippen molar-refractivity contribution >= 4 is 27.0 Å². The summed E-state index contributed by atoms with van der Waals surface area (Å²) in [7, 11) is 0. The molecule has 0 aliphatic carbocycles. The number of aromatic nitrogens is 3. The van der Waals surface area contributed by atoms with Gasteiger partial charge in [-0.2, -0.15) is 15.4 Å². The van der Waals surface area contributed by atoms with Crippen molar-refractivity contribution in [2.45, 2.75) is 6.42 Å². The van der Waals surface area contributed by atoms with Crippen LogP contribution in [0.25, 0.3) is 11.0 Å². The van der Waals surface area contributed by atoms with Crippen LogP contribution in [-0.4, -0.2) is 15.4 Å². The van der Waals surface area contributed by atoms with Crippen LogP contribution in [0.3, 0.4) is 0 Å². The Morgan fingerprint density at radius 1 is 1.00 bits per heavy atom. The monoisotopic (exact) mass is 287 g/mol. The van der Waals surface area contributed by atoms with Gasteiger partial charge in [-0.15, -0.1) is 0 Å². The van der Waals surface area contributed by atoms with Gasteiger partial charge in [0, 0.05) is 16.5 Å². The van der Waals surface area contributed by atoms with Crippen molar-refractivity contribution in [3.05, 3.63) is 58.1 Å². The van der Waals surface area contributed by atoms with Crippen molar-refractivity contribution in [2.24, 2.45) is 0 Å². The lowest BCUT2D eigenvalue weighted by Gasteiger charge is -2.05. The zero-order valence-corrected chi connectivity index (χ0v) is 10.6. The number of nitrogens with one attached hydrogen (secondary N) is 1. The largest absolute Gasteiger partial charge is 0.197 e. The zero-order valence-electron chi connectivity index (χ0n) is 9.02. The van der Waals surface area contributed by atoms with Gasteiger partial charge < -0.3 is 0 Å². The predicted molar refractivity (Wildman–Crippen MR) is 70.8 cm³/mol. The number of rotatable bonds is 2. The molecule has 0 radical (unpaired) electrons. The van der Waals surface area contributed by atoms with Gasteiger partial charge in [0.05, 0.1) is 0 Å². The lowest BCUT2D eigenvalue weighted by Crippen LogP contribution is -1.91. The molecule has 0 bridgehead atoms. The number of benzene rings is 2. The molecule has 0 unspecified atom stereocenters. The molecule has 0 saturated carbocycles. The molecule has 1 heterocycles. The fraction of sp³-hybridized carbons (Fsp3) is 0.0769. The number of halogens is 1. The summed E-state index contributed by atoms with van der Waals surface area (Å²) in [6.07, 6.45) is 0.852. The number of aromatic amines is 1. The Balaban J connectivity index is 2.10. The average Bonchev–Trinajstić information content (AvgIpc) is 2.83. The first-order valence-electron chi connectivity index (χ1n) is 5.36. The van der Waals surface area contributed by atoms with Gasteiger partial charge in [0.15, 0.2) is 0 Å². The van der Waals surface area contributed by atoms with E-state index >= 15 is 0 Å². The Morgan fingerprint density at radius 2 is 1.82 bits per heavy atom. The molecule has 2 aromatic carbocycles. The highest BCUT2D eigenvalue weighted by molar-refractivity contribution is 9.10. The van der Waals surface area contributed by atoms with Crippen molar-refractivity contribution < 1.29 is 0 Å². The number of nitrogens with zero attached hydrogens (tertiary/aromatic N) is 2. The van der Waals surface area contributed by atoms with Crippen molar-refractivity contribution in [1.82, 2.24) is 15.4 Å². The van der Waals surface area contributed by atoms with Crippen LogP contribution in [-0.2, 0) is 6.42 Å². The normalized spacial score (nSPS) is 10.9. The molecule has 3 nitrogen and oxygen atoms in total. The minimum absolute atomic E-state index is 0.852. The van der Waals surface area contributed by atoms with Gasteiger partial charge in [0.25, 0.3) is 0 Å². The average molecular weight is 288 g/mol. The molecular weight excluding hydrogens is 278 g/mol. The smallest absolute Gasteiger partial charge is 0.117 e. The molecular formula is C13H10BrN3. The molecule has 0 aliphatic rings. The Hall–Kier alpha value is -1.68. The van der Waals surface area contributed by atoms with Crippen LogP contribution < -0.4 is 0 Å². The van der Waals surface area contributed by atoms with Crippen LogP contribution in [0.2, 0.25) is 0 Å². The van der Waals surface area contributed by atoms with Gasteiger partial charge >= 0.3 is 0 Å². The van der Waals surface area contributed by atoms with Crippen LogP contribution in [0.4, 0.5) is 0 Å². The van der Waals surface area contributed by atoms with E-state index in [-0.39, 0.29) is 0 Å². The molecule has 17 heavy (non-hydrogen) atoms. The highest BCUT2D eigenvalue weighted by atomic mass is 79.9. The lowest BCUT2D eigenvalue weighted by atomic mass is 10.0. The van der Waals surface area contributed by atoms with Crippen LogP contribution in [0.5, 0.6) is 0 Å². The Kier molecular flexibility index (Phi) is 2.65. The Labute approximate surface area is 107 Å². The lowest BCUT2D eigenvalue weighted by molar-refractivity contribution is 0.957. The fourth-order valence-electron chi connectivity index (χ4n) is 1.91. The summed E-state index contributed by atoms with van der Waals surface area (Å²) in [4.78, 5) is 0. The Bertz CT molecular complexity index is 646. The fourth-order valence-corrected chi connectivity index (χ4v) is 2.37. The third-order valence-corrected chi connectivity index (χ3v) is 3.50. The van der Waals surface area contributed by atoms with Crippen LogP contribution >= 0.6 is 15.9 Å². The molecule has 1 aromatic heterocycles. The molecule has 0 aliphatic heterocycles. The Morgan fingerprint density at radius 3 is 2.65 bits per heavy atom. The third kappa shape index (κ3) is 1.96. The molecule has 4 heteroatoms. The molecule has 1 N–H and O–H groups in total.